The molecule has 0 saturated heterocycles. The summed E-state index contributed by atoms with van der Waals surface area (Å²) in [7, 11) is 0. The highest BCUT2D eigenvalue weighted by Crippen LogP contribution is 2.33. The standard InChI is InChI=1S/C14H18Br2N2O2/c15-11-5-8(6-12(16)13(11)19)7-18-10-3-1-9(2-4-10)14(17)20/h5-6,9-10,18-19H,1-4,7H2,(H2,17,20). The van der Waals surface area contributed by atoms with E-state index in [0.717, 1.165) is 37.8 Å². The van der Waals surface area contributed by atoms with Gasteiger partial charge >= 0.3 is 0 Å². The number of phenolic OH excluding ortho intramolecular Hbond substituents is 1. The topological polar surface area (TPSA) is 75.4 Å². The van der Waals surface area contributed by atoms with Crippen LogP contribution in [0.1, 0.15) is 31.2 Å². The third-order valence-corrected chi connectivity index (χ3v) is 5.01. The number of phenols is 1. The van der Waals surface area contributed by atoms with Crippen LogP contribution >= 0.6 is 31.9 Å². The summed E-state index contributed by atoms with van der Waals surface area (Å²) in [4.78, 5) is 11.1. The van der Waals surface area contributed by atoms with Crippen LogP contribution in [0.15, 0.2) is 21.1 Å². The maximum Gasteiger partial charge on any atom is 0.220 e. The second kappa shape index (κ2) is 6.91. The van der Waals surface area contributed by atoms with E-state index < -0.39 is 0 Å². The third kappa shape index (κ3) is 3.96. The number of primary amides is 1. The zero-order valence-corrected chi connectivity index (χ0v) is 14.2. The number of benzene rings is 1. The van der Waals surface area contributed by atoms with Gasteiger partial charge in [-0.05, 0) is 75.2 Å². The van der Waals surface area contributed by atoms with E-state index in [0.29, 0.717) is 15.0 Å². The predicted octanol–water partition coefficient (Wildman–Crippen LogP) is 3.05. The Hall–Kier alpha value is -0.590. The van der Waals surface area contributed by atoms with Gasteiger partial charge in [-0.15, -0.1) is 0 Å². The van der Waals surface area contributed by atoms with Gasteiger partial charge in [-0.3, -0.25) is 4.79 Å². The highest BCUT2D eigenvalue weighted by atomic mass is 79.9. The first-order valence-corrected chi connectivity index (χ1v) is 8.25. The van der Waals surface area contributed by atoms with Gasteiger partial charge in [0.05, 0.1) is 8.95 Å². The van der Waals surface area contributed by atoms with E-state index in [1.54, 1.807) is 0 Å². The number of aromatic hydroxyl groups is 1. The molecule has 1 amide bonds. The second-order valence-corrected chi connectivity index (χ2v) is 6.95. The van der Waals surface area contributed by atoms with Crippen LogP contribution in [0.4, 0.5) is 0 Å². The summed E-state index contributed by atoms with van der Waals surface area (Å²) in [6.45, 7) is 0.739. The van der Waals surface area contributed by atoms with Crippen LogP contribution in [-0.4, -0.2) is 17.1 Å². The summed E-state index contributed by atoms with van der Waals surface area (Å²) in [6, 6.07) is 4.24. The molecule has 0 bridgehead atoms. The molecular formula is C14H18Br2N2O2. The molecule has 0 spiro atoms. The van der Waals surface area contributed by atoms with Gasteiger partial charge in [-0.25, -0.2) is 0 Å². The normalized spacial score (nSPS) is 22.7. The van der Waals surface area contributed by atoms with Gasteiger partial charge in [0, 0.05) is 18.5 Å². The van der Waals surface area contributed by atoms with Crippen molar-refractivity contribution < 1.29 is 9.90 Å². The Morgan fingerprint density at radius 2 is 1.80 bits per heavy atom. The van der Waals surface area contributed by atoms with Crippen LogP contribution in [0.2, 0.25) is 0 Å². The summed E-state index contributed by atoms with van der Waals surface area (Å²) in [6.07, 6.45) is 3.70. The maximum atomic E-state index is 11.1. The smallest absolute Gasteiger partial charge is 0.220 e. The van der Waals surface area contributed by atoms with Crippen molar-refractivity contribution in [2.24, 2.45) is 11.7 Å². The number of nitrogens with one attached hydrogen (secondary N) is 1. The number of hydrogen-bond acceptors (Lipinski definition) is 3. The van der Waals surface area contributed by atoms with Gasteiger partial charge in [0.25, 0.3) is 0 Å². The molecule has 1 saturated carbocycles. The molecule has 0 radical (unpaired) electrons. The third-order valence-electron chi connectivity index (χ3n) is 3.80. The van der Waals surface area contributed by atoms with E-state index in [1.807, 2.05) is 12.1 Å². The molecule has 110 valence electrons. The summed E-state index contributed by atoms with van der Waals surface area (Å²) in [5.74, 6) is 0.0931. The van der Waals surface area contributed by atoms with Crippen molar-refractivity contribution in [2.45, 2.75) is 38.3 Å². The largest absolute Gasteiger partial charge is 0.506 e. The van der Waals surface area contributed by atoms with Gasteiger partial charge in [-0.2, -0.15) is 0 Å². The molecule has 0 heterocycles. The van der Waals surface area contributed by atoms with Crippen molar-refractivity contribution in [1.29, 1.82) is 0 Å². The lowest BCUT2D eigenvalue weighted by Crippen LogP contribution is -2.36. The molecule has 4 N–H and O–H groups in total. The highest BCUT2D eigenvalue weighted by Gasteiger charge is 2.24. The number of halogens is 2. The van der Waals surface area contributed by atoms with Crippen molar-refractivity contribution in [3.05, 3.63) is 26.6 Å². The Balaban J connectivity index is 1.86. The second-order valence-electron chi connectivity index (χ2n) is 5.24. The van der Waals surface area contributed by atoms with Gasteiger partial charge in [0.2, 0.25) is 5.91 Å². The van der Waals surface area contributed by atoms with Gasteiger partial charge in [-0.1, -0.05) is 0 Å². The predicted molar refractivity (Wildman–Crippen MR) is 85.3 cm³/mol. The van der Waals surface area contributed by atoms with Gasteiger partial charge in [0.15, 0.2) is 0 Å². The average molecular weight is 406 g/mol. The minimum atomic E-state index is -0.171. The quantitative estimate of drug-likeness (QED) is 0.720. The molecule has 6 heteroatoms. The van der Waals surface area contributed by atoms with Crippen LogP contribution < -0.4 is 11.1 Å². The minimum Gasteiger partial charge on any atom is -0.506 e. The zero-order chi connectivity index (χ0) is 14.7. The molecule has 1 aliphatic carbocycles. The first-order valence-electron chi connectivity index (χ1n) is 6.67. The summed E-state index contributed by atoms with van der Waals surface area (Å²) >= 11 is 6.66. The highest BCUT2D eigenvalue weighted by molar-refractivity contribution is 9.11. The van der Waals surface area contributed by atoms with Crippen LogP contribution in [0.25, 0.3) is 0 Å². The lowest BCUT2D eigenvalue weighted by molar-refractivity contribution is -0.122. The van der Waals surface area contributed by atoms with E-state index in [2.05, 4.69) is 37.2 Å². The van der Waals surface area contributed by atoms with Crippen LogP contribution in [0, 0.1) is 5.92 Å². The number of nitrogens with two attached hydrogens (primary N) is 1. The fourth-order valence-corrected chi connectivity index (χ4v) is 3.85. The Kier molecular flexibility index (Phi) is 5.46. The molecule has 1 aromatic carbocycles. The van der Waals surface area contributed by atoms with E-state index in [-0.39, 0.29) is 17.6 Å². The number of rotatable bonds is 4. The molecular weight excluding hydrogens is 388 g/mol. The summed E-state index contributed by atoms with van der Waals surface area (Å²) < 4.78 is 1.36. The monoisotopic (exact) mass is 404 g/mol. The first kappa shape index (κ1) is 15.8. The first-order chi connectivity index (χ1) is 9.47. The fourth-order valence-electron chi connectivity index (χ4n) is 2.56. The lowest BCUT2D eigenvalue weighted by atomic mass is 9.85. The number of carbonyl (C=O) groups excluding carboxylic acids is 1. The Labute approximate surface area is 135 Å². The molecule has 0 aromatic heterocycles. The van der Waals surface area contributed by atoms with E-state index >= 15 is 0 Å². The van der Waals surface area contributed by atoms with E-state index in [4.69, 9.17) is 5.73 Å². The fraction of sp³-hybridized carbons (Fsp3) is 0.500. The maximum absolute atomic E-state index is 11.1. The summed E-state index contributed by atoms with van der Waals surface area (Å²) in [5, 5.41) is 13.2. The summed E-state index contributed by atoms with van der Waals surface area (Å²) in [5.41, 5.74) is 6.43. The van der Waals surface area contributed by atoms with Crippen molar-refractivity contribution in [1.82, 2.24) is 5.32 Å². The van der Waals surface area contributed by atoms with E-state index in [1.165, 1.54) is 0 Å². The average Bonchev–Trinajstić information content (AvgIpc) is 2.42. The Morgan fingerprint density at radius 3 is 2.30 bits per heavy atom. The van der Waals surface area contributed by atoms with Crippen molar-refractivity contribution in [3.8, 4) is 5.75 Å². The van der Waals surface area contributed by atoms with Gasteiger partial charge in [0.1, 0.15) is 5.75 Å². The molecule has 0 aliphatic heterocycles. The SMILES string of the molecule is NC(=O)C1CCC(NCc2cc(Br)c(O)c(Br)c2)CC1. The molecule has 2 rings (SSSR count). The Morgan fingerprint density at radius 1 is 1.25 bits per heavy atom. The van der Waals surface area contributed by atoms with Crippen LogP contribution in [-0.2, 0) is 11.3 Å². The molecule has 1 aromatic rings. The zero-order valence-electron chi connectivity index (χ0n) is 11.0. The van der Waals surface area contributed by atoms with Crippen molar-refractivity contribution in [3.63, 3.8) is 0 Å². The van der Waals surface area contributed by atoms with E-state index in [9.17, 15) is 9.90 Å². The number of carbonyl (C=O) groups is 1. The van der Waals surface area contributed by atoms with Crippen LogP contribution in [0.3, 0.4) is 0 Å². The number of amides is 1. The minimum absolute atomic E-state index is 0.0463. The lowest BCUT2D eigenvalue weighted by Gasteiger charge is -2.27. The molecule has 4 nitrogen and oxygen atoms in total. The van der Waals surface area contributed by atoms with Gasteiger partial charge < -0.3 is 16.2 Å². The molecule has 0 atom stereocenters. The molecule has 1 aliphatic rings. The number of hydrogen-bond donors (Lipinski definition) is 3. The van der Waals surface area contributed by atoms with Crippen LogP contribution in [0.5, 0.6) is 5.75 Å². The molecule has 20 heavy (non-hydrogen) atoms. The van der Waals surface area contributed by atoms with Crippen molar-refractivity contribution in [2.75, 3.05) is 0 Å². The Bertz CT molecular complexity index is 477. The molecule has 1 fully saturated rings. The molecule has 0 unspecified atom stereocenters. The van der Waals surface area contributed by atoms with Crippen molar-refractivity contribution >= 4 is 37.8 Å².